The van der Waals surface area contributed by atoms with Gasteiger partial charge >= 0.3 is 0 Å². The molecular formula is C14H25NO. The van der Waals surface area contributed by atoms with Gasteiger partial charge in [0.25, 0.3) is 0 Å². The lowest BCUT2D eigenvalue weighted by Crippen LogP contribution is -2.26. The van der Waals surface area contributed by atoms with Gasteiger partial charge in [-0.1, -0.05) is 24.5 Å². The molecule has 2 aliphatic rings. The lowest BCUT2D eigenvalue weighted by atomic mass is 9.89. The maximum Gasteiger partial charge on any atom is 0.0495 e. The highest BCUT2D eigenvalue weighted by molar-refractivity contribution is 5.11. The number of nitrogens with two attached hydrogens (primary N) is 1. The predicted octanol–water partition coefficient (Wildman–Crippen LogP) is 3.02. The fraction of sp³-hybridized carbons (Fsp3) is 0.857. The molecular weight excluding hydrogens is 198 g/mol. The van der Waals surface area contributed by atoms with E-state index in [9.17, 15) is 0 Å². The van der Waals surface area contributed by atoms with E-state index in [1.54, 1.807) is 0 Å². The van der Waals surface area contributed by atoms with Crippen LogP contribution in [0.3, 0.4) is 0 Å². The Kier molecular flexibility index (Phi) is 4.86. The smallest absolute Gasteiger partial charge is 0.0495 e. The lowest BCUT2D eigenvalue weighted by molar-refractivity contribution is 0.183. The molecule has 2 heteroatoms. The Bertz CT molecular complexity index is 231. The molecule has 16 heavy (non-hydrogen) atoms. The predicted molar refractivity (Wildman–Crippen MR) is 67.3 cm³/mol. The molecule has 1 aliphatic heterocycles. The van der Waals surface area contributed by atoms with Crippen molar-refractivity contribution in [3.63, 3.8) is 0 Å². The van der Waals surface area contributed by atoms with Crippen molar-refractivity contribution in [3.05, 3.63) is 11.6 Å². The molecule has 1 saturated heterocycles. The third-order valence-electron chi connectivity index (χ3n) is 3.91. The summed E-state index contributed by atoms with van der Waals surface area (Å²) in [5, 5.41) is 0. The van der Waals surface area contributed by atoms with Crippen LogP contribution >= 0.6 is 0 Å². The first-order valence-corrected chi connectivity index (χ1v) is 6.88. The van der Waals surface area contributed by atoms with Crippen LogP contribution in [0.15, 0.2) is 11.6 Å². The lowest BCUT2D eigenvalue weighted by Gasteiger charge is -2.20. The van der Waals surface area contributed by atoms with Crippen molar-refractivity contribution in [2.24, 2.45) is 11.7 Å². The van der Waals surface area contributed by atoms with E-state index in [-0.39, 0.29) is 0 Å². The molecule has 1 heterocycles. The molecule has 0 radical (unpaired) electrons. The minimum Gasteiger partial charge on any atom is -0.381 e. The zero-order valence-electron chi connectivity index (χ0n) is 10.3. The van der Waals surface area contributed by atoms with E-state index in [1.807, 2.05) is 0 Å². The van der Waals surface area contributed by atoms with Crippen LogP contribution in [-0.4, -0.2) is 19.3 Å². The first-order valence-electron chi connectivity index (χ1n) is 6.88. The van der Waals surface area contributed by atoms with Crippen molar-refractivity contribution < 1.29 is 4.74 Å². The van der Waals surface area contributed by atoms with Crippen molar-refractivity contribution >= 4 is 0 Å². The van der Waals surface area contributed by atoms with Gasteiger partial charge in [0.2, 0.25) is 0 Å². The molecule has 92 valence electrons. The monoisotopic (exact) mass is 223 g/mol. The van der Waals surface area contributed by atoms with E-state index < -0.39 is 0 Å². The summed E-state index contributed by atoms with van der Waals surface area (Å²) in [6.07, 6.45) is 12.7. The largest absolute Gasteiger partial charge is 0.381 e. The number of ether oxygens (including phenoxy) is 1. The summed E-state index contributed by atoms with van der Waals surface area (Å²) in [5.41, 5.74) is 7.84. The van der Waals surface area contributed by atoms with Gasteiger partial charge in [-0.15, -0.1) is 0 Å². The Hall–Kier alpha value is -0.340. The summed E-state index contributed by atoms with van der Waals surface area (Å²) in [4.78, 5) is 0. The second kappa shape index (κ2) is 6.41. The molecule has 2 N–H and O–H groups in total. The zero-order valence-corrected chi connectivity index (χ0v) is 10.3. The van der Waals surface area contributed by atoms with E-state index in [4.69, 9.17) is 10.5 Å². The summed E-state index contributed by atoms with van der Waals surface area (Å²) in [7, 11) is 0. The fourth-order valence-electron chi connectivity index (χ4n) is 2.83. The summed E-state index contributed by atoms with van der Waals surface area (Å²) in [6, 6.07) is 0.296. The number of hydrogen-bond acceptors (Lipinski definition) is 2. The standard InChI is InChI=1S/C14H25NO/c15-14(10-12-8-9-16-11-12)13-6-4-2-1-3-5-7-13/h6,12,14H,1-5,7-11,15H2. The normalized spacial score (nSPS) is 29.3. The fourth-order valence-corrected chi connectivity index (χ4v) is 2.83. The van der Waals surface area contributed by atoms with Crippen LogP contribution in [0.5, 0.6) is 0 Å². The SMILES string of the molecule is NC(CC1CCOC1)C1=CCCCCCC1. The van der Waals surface area contributed by atoms with E-state index in [2.05, 4.69) is 6.08 Å². The summed E-state index contributed by atoms with van der Waals surface area (Å²) in [6.45, 7) is 1.87. The Morgan fingerprint density at radius 2 is 2.19 bits per heavy atom. The Labute approximate surface area is 99.2 Å². The molecule has 0 aromatic rings. The highest BCUT2D eigenvalue weighted by Crippen LogP contribution is 2.24. The average Bonchev–Trinajstić information content (AvgIpc) is 2.69. The van der Waals surface area contributed by atoms with Gasteiger partial charge in [-0.2, -0.15) is 0 Å². The van der Waals surface area contributed by atoms with Crippen LogP contribution in [0.25, 0.3) is 0 Å². The van der Waals surface area contributed by atoms with Crippen LogP contribution < -0.4 is 5.73 Å². The van der Waals surface area contributed by atoms with Gasteiger partial charge in [0.1, 0.15) is 0 Å². The molecule has 2 rings (SSSR count). The molecule has 2 unspecified atom stereocenters. The minimum absolute atomic E-state index is 0.296. The summed E-state index contributed by atoms with van der Waals surface area (Å²) in [5.74, 6) is 0.710. The molecule has 0 amide bonds. The Morgan fingerprint density at radius 1 is 1.31 bits per heavy atom. The molecule has 0 bridgehead atoms. The Balaban J connectivity index is 1.83. The van der Waals surface area contributed by atoms with Gasteiger partial charge in [-0.3, -0.25) is 0 Å². The van der Waals surface area contributed by atoms with Crippen LogP contribution in [0.4, 0.5) is 0 Å². The molecule has 0 aromatic carbocycles. The number of allylic oxidation sites excluding steroid dienone is 1. The molecule has 2 atom stereocenters. The number of rotatable bonds is 3. The second-order valence-electron chi connectivity index (χ2n) is 5.30. The zero-order chi connectivity index (χ0) is 11.2. The highest BCUT2D eigenvalue weighted by Gasteiger charge is 2.20. The molecule has 0 aromatic heterocycles. The third kappa shape index (κ3) is 3.60. The molecule has 0 saturated carbocycles. The third-order valence-corrected chi connectivity index (χ3v) is 3.91. The highest BCUT2D eigenvalue weighted by atomic mass is 16.5. The Morgan fingerprint density at radius 3 is 3.00 bits per heavy atom. The van der Waals surface area contributed by atoms with Crippen LogP contribution in [0, 0.1) is 5.92 Å². The van der Waals surface area contributed by atoms with Crippen LogP contribution in [-0.2, 0) is 4.74 Å². The van der Waals surface area contributed by atoms with Gasteiger partial charge in [0.05, 0.1) is 0 Å². The maximum absolute atomic E-state index is 6.32. The second-order valence-corrected chi connectivity index (χ2v) is 5.30. The van der Waals surface area contributed by atoms with Crippen molar-refractivity contribution in [1.29, 1.82) is 0 Å². The van der Waals surface area contributed by atoms with E-state index in [0.29, 0.717) is 12.0 Å². The topological polar surface area (TPSA) is 35.2 Å². The van der Waals surface area contributed by atoms with Crippen molar-refractivity contribution in [3.8, 4) is 0 Å². The van der Waals surface area contributed by atoms with Crippen LogP contribution in [0.1, 0.15) is 51.4 Å². The maximum atomic E-state index is 6.32. The van der Waals surface area contributed by atoms with E-state index >= 15 is 0 Å². The van der Waals surface area contributed by atoms with Crippen LogP contribution in [0.2, 0.25) is 0 Å². The molecule has 1 fully saturated rings. The van der Waals surface area contributed by atoms with Crippen molar-refractivity contribution in [2.75, 3.05) is 13.2 Å². The van der Waals surface area contributed by atoms with E-state index in [1.165, 1.54) is 50.5 Å². The average molecular weight is 223 g/mol. The van der Waals surface area contributed by atoms with Crippen molar-refractivity contribution in [2.45, 2.75) is 57.4 Å². The van der Waals surface area contributed by atoms with Gasteiger partial charge in [0.15, 0.2) is 0 Å². The minimum atomic E-state index is 0.296. The summed E-state index contributed by atoms with van der Waals surface area (Å²) >= 11 is 0. The number of hydrogen-bond donors (Lipinski definition) is 1. The quantitative estimate of drug-likeness (QED) is 0.746. The van der Waals surface area contributed by atoms with Gasteiger partial charge in [-0.05, 0) is 44.4 Å². The van der Waals surface area contributed by atoms with Gasteiger partial charge < -0.3 is 10.5 Å². The molecule has 2 nitrogen and oxygen atoms in total. The summed E-state index contributed by atoms with van der Waals surface area (Å²) < 4.78 is 5.41. The molecule has 0 spiro atoms. The van der Waals surface area contributed by atoms with E-state index in [0.717, 1.165) is 19.6 Å². The van der Waals surface area contributed by atoms with Crippen molar-refractivity contribution in [1.82, 2.24) is 0 Å². The first-order chi connectivity index (χ1) is 7.86. The van der Waals surface area contributed by atoms with Gasteiger partial charge in [-0.25, -0.2) is 0 Å². The first kappa shape index (κ1) is 12.1. The molecule has 1 aliphatic carbocycles. The van der Waals surface area contributed by atoms with Gasteiger partial charge in [0, 0.05) is 19.3 Å².